The normalized spacial score (nSPS) is 23.1. The number of ether oxygens (including phenoxy) is 1. The molecule has 0 bridgehead atoms. The van der Waals surface area contributed by atoms with Crippen LogP contribution in [-0.2, 0) is 16.1 Å². The van der Waals surface area contributed by atoms with Crippen molar-refractivity contribution < 1.29 is 14.6 Å². The first-order valence-corrected chi connectivity index (χ1v) is 7.53. The molecular weight excluding hydrogens is 262 g/mol. The van der Waals surface area contributed by atoms with Crippen molar-refractivity contribution in [2.75, 3.05) is 19.8 Å². The van der Waals surface area contributed by atoms with Gasteiger partial charge in [-0.3, -0.25) is 9.69 Å². The van der Waals surface area contributed by atoms with E-state index in [1.807, 2.05) is 0 Å². The van der Waals surface area contributed by atoms with Crippen LogP contribution >= 0.6 is 11.3 Å². The topological polar surface area (TPSA) is 49.8 Å². The van der Waals surface area contributed by atoms with Crippen LogP contribution in [0.3, 0.4) is 0 Å². The zero-order chi connectivity index (χ0) is 13.8. The van der Waals surface area contributed by atoms with Crippen molar-refractivity contribution in [3.8, 4) is 0 Å². The van der Waals surface area contributed by atoms with E-state index in [2.05, 4.69) is 30.9 Å². The first-order chi connectivity index (χ1) is 9.11. The van der Waals surface area contributed by atoms with Gasteiger partial charge in [-0.15, -0.1) is 11.3 Å². The molecule has 2 atom stereocenters. The molecule has 1 aliphatic heterocycles. The van der Waals surface area contributed by atoms with Crippen molar-refractivity contribution in [3.63, 3.8) is 0 Å². The van der Waals surface area contributed by atoms with E-state index in [9.17, 15) is 9.90 Å². The Balaban J connectivity index is 2.08. The quantitative estimate of drug-likeness (QED) is 0.871. The molecule has 0 spiro atoms. The third-order valence-electron chi connectivity index (χ3n) is 3.50. The highest BCUT2D eigenvalue weighted by molar-refractivity contribution is 7.11. The van der Waals surface area contributed by atoms with Crippen molar-refractivity contribution in [3.05, 3.63) is 21.9 Å². The lowest BCUT2D eigenvalue weighted by Gasteiger charge is -2.29. The van der Waals surface area contributed by atoms with Crippen molar-refractivity contribution in [2.24, 2.45) is 5.92 Å². The van der Waals surface area contributed by atoms with Crippen LogP contribution in [0.25, 0.3) is 0 Å². The maximum Gasteiger partial charge on any atom is 0.310 e. The molecule has 1 aliphatic rings. The molecule has 0 aromatic carbocycles. The number of thiophene rings is 1. The minimum absolute atomic E-state index is 0.000133. The molecule has 1 N–H and O–H groups in total. The second kappa shape index (κ2) is 6.50. The van der Waals surface area contributed by atoms with Gasteiger partial charge in [0.25, 0.3) is 0 Å². The van der Waals surface area contributed by atoms with E-state index >= 15 is 0 Å². The van der Waals surface area contributed by atoms with Crippen LogP contribution in [0.4, 0.5) is 0 Å². The lowest BCUT2D eigenvalue weighted by molar-refractivity contribution is -0.143. The van der Waals surface area contributed by atoms with Gasteiger partial charge >= 0.3 is 5.97 Å². The molecule has 1 saturated heterocycles. The van der Waals surface area contributed by atoms with Gasteiger partial charge in [0.1, 0.15) is 0 Å². The molecule has 2 heterocycles. The summed E-state index contributed by atoms with van der Waals surface area (Å²) in [4.78, 5) is 16.1. The smallest absolute Gasteiger partial charge is 0.310 e. The number of rotatable bonds is 6. The SMILES string of the molecule is CCCN(Cc1ccc(C)s1)C1COCC1C(=O)O. The second-order valence-corrected chi connectivity index (χ2v) is 6.40. The number of hydrogen-bond donors (Lipinski definition) is 1. The number of aryl methyl sites for hydroxylation is 1. The highest BCUT2D eigenvalue weighted by atomic mass is 32.1. The van der Waals surface area contributed by atoms with E-state index < -0.39 is 11.9 Å². The van der Waals surface area contributed by atoms with Gasteiger partial charge < -0.3 is 9.84 Å². The molecule has 1 aromatic heterocycles. The van der Waals surface area contributed by atoms with Gasteiger partial charge in [0, 0.05) is 22.3 Å². The van der Waals surface area contributed by atoms with Crippen molar-refractivity contribution in [2.45, 2.75) is 32.9 Å². The molecule has 0 aliphatic carbocycles. The van der Waals surface area contributed by atoms with Gasteiger partial charge in [-0.2, -0.15) is 0 Å². The zero-order valence-corrected chi connectivity index (χ0v) is 12.3. The Labute approximate surface area is 118 Å². The molecule has 0 amide bonds. The molecular formula is C14H21NO3S. The van der Waals surface area contributed by atoms with Crippen molar-refractivity contribution in [1.82, 2.24) is 4.90 Å². The van der Waals surface area contributed by atoms with E-state index in [1.165, 1.54) is 9.75 Å². The summed E-state index contributed by atoms with van der Waals surface area (Å²) in [6.45, 7) is 6.82. The Kier molecular flexibility index (Phi) is 4.96. The molecule has 1 aromatic rings. The molecule has 4 nitrogen and oxygen atoms in total. The van der Waals surface area contributed by atoms with E-state index in [4.69, 9.17) is 4.74 Å². The van der Waals surface area contributed by atoms with E-state index in [-0.39, 0.29) is 6.04 Å². The van der Waals surface area contributed by atoms with E-state index in [1.54, 1.807) is 11.3 Å². The summed E-state index contributed by atoms with van der Waals surface area (Å²) in [6.07, 6.45) is 1.02. The predicted molar refractivity (Wildman–Crippen MR) is 75.5 cm³/mol. The Morgan fingerprint density at radius 2 is 2.32 bits per heavy atom. The number of nitrogens with zero attached hydrogens (tertiary/aromatic N) is 1. The standard InChI is InChI=1S/C14H21NO3S/c1-3-6-15(7-11-5-4-10(2)19-11)13-9-18-8-12(13)14(16)17/h4-5,12-13H,3,6-9H2,1-2H3,(H,16,17). The fraction of sp³-hybridized carbons (Fsp3) is 0.643. The first-order valence-electron chi connectivity index (χ1n) is 6.71. The second-order valence-electron chi connectivity index (χ2n) is 5.03. The average Bonchev–Trinajstić information content (AvgIpc) is 2.97. The molecule has 106 valence electrons. The fourth-order valence-corrected chi connectivity index (χ4v) is 3.47. The number of carbonyl (C=O) groups is 1. The maximum atomic E-state index is 11.3. The summed E-state index contributed by atoms with van der Waals surface area (Å²) < 4.78 is 5.38. The van der Waals surface area contributed by atoms with Crippen LogP contribution in [0.15, 0.2) is 12.1 Å². The molecule has 5 heteroatoms. The summed E-state index contributed by atoms with van der Waals surface area (Å²) in [6, 6.07) is 4.25. The number of aliphatic carboxylic acids is 1. The zero-order valence-electron chi connectivity index (χ0n) is 11.5. The Hall–Kier alpha value is -0.910. The van der Waals surface area contributed by atoms with Crippen LogP contribution in [0.1, 0.15) is 23.1 Å². The molecule has 19 heavy (non-hydrogen) atoms. The summed E-state index contributed by atoms with van der Waals surface area (Å²) in [5.74, 6) is -1.14. The summed E-state index contributed by atoms with van der Waals surface area (Å²) in [5, 5.41) is 9.27. The van der Waals surface area contributed by atoms with Crippen LogP contribution < -0.4 is 0 Å². The Morgan fingerprint density at radius 1 is 1.53 bits per heavy atom. The van der Waals surface area contributed by atoms with Gasteiger partial charge in [-0.25, -0.2) is 0 Å². The van der Waals surface area contributed by atoms with Crippen molar-refractivity contribution in [1.29, 1.82) is 0 Å². The van der Waals surface area contributed by atoms with Crippen LogP contribution in [-0.4, -0.2) is 41.8 Å². The largest absolute Gasteiger partial charge is 0.481 e. The van der Waals surface area contributed by atoms with Gasteiger partial charge in [0.15, 0.2) is 0 Å². The monoisotopic (exact) mass is 283 g/mol. The molecule has 2 rings (SSSR count). The number of carboxylic acid groups (broad SMARTS) is 1. The minimum Gasteiger partial charge on any atom is -0.481 e. The predicted octanol–water partition coefficient (Wildman–Crippen LogP) is 2.37. The number of hydrogen-bond acceptors (Lipinski definition) is 4. The molecule has 2 unspecified atom stereocenters. The number of carboxylic acids is 1. The van der Waals surface area contributed by atoms with Gasteiger partial charge in [0.05, 0.1) is 19.1 Å². The lowest BCUT2D eigenvalue weighted by Crippen LogP contribution is -2.43. The Morgan fingerprint density at radius 3 is 2.89 bits per heavy atom. The summed E-state index contributed by atoms with van der Waals surface area (Å²) in [5.41, 5.74) is 0. The van der Waals surface area contributed by atoms with Gasteiger partial charge in [-0.05, 0) is 32.0 Å². The van der Waals surface area contributed by atoms with Gasteiger partial charge in [-0.1, -0.05) is 6.92 Å². The molecule has 0 radical (unpaired) electrons. The fourth-order valence-electron chi connectivity index (χ4n) is 2.56. The van der Waals surface area contributed by atoms with Crippen LogP contribution in [0.5, 0.6) is 0 Å². The third-order valence-corrected chi connectivity index (χ3v) is 4.49. The first kappa shape index (κ1) is 14.5. The van der Waals surface area contributed by atoms with Crippen LogP contribution in [0, 0.1) is 12.8 Å². The summed E-state index contributed by atoms with van der Waals surface area (Å²) >= 11 is 1.78. The summed E-state index contributed by atoms with van der Waals surface area (Å²) in [7, 11) is 0. The highest BCUT2D eigenvalue weighted by Gasteiger charge is 2.37. The molecule has 0 saturated carbocycles. The van der Waals surface area contributed by atoms with E-state index in [0.717, 1.165) is 19.5 Å². The highest BCUT2D eigenvalue weighted by Crippen LogP contribution is 2.24. The third kappa shape index (κ3) is 3.55. The average molecular weight is 283 g/mol. The van der Waals surface area contributed by atoms with Crippen LogP contribution in [0.2, 0.25) is 0 Å². The molecule has 1 fully saturated rings. The Bertz CT molecular complexity index is 432. The maximum absolute atomic E-state index is 11.3. The van der Waals surface area contributed by atoms with E-state index in [0.29, 0.717) is 13.2 Å². The van der Waals surface area contributed by atoms with Crippen molar-refractivity contribution >= 4 is 17.3 Å². The van der Waals surface area contributed by atoms with Gasteiger partial charge in [0.2, 0.25) is 0 Å². The lowest BCUT2D eigenvalue weighted by atomic mass is 10.0. The minimum atomic E-state index is -0.744.